The van der Waals surface area contributed by atoms with Crippen molar-refractivity contribution in [3.8, 4) is 0 Å². The number of aromatic nitrogens is 3. The highest BCUT2D eigenvalue weighted by Crippen LogP contribution is 2.38. The third kappa shape index (κ3) is 2.68. The van der Waals surface area contributed by atoms with E-state index in [1.54, 1.807) is 0 Å². The fraction of sp³-hybridized carbons (Fsp3) is 0.125. The van der Waals surface area contributed by atoms with Crippen molar-refractivity contribution in [1.29, 1.82) is 0 Å². The minimum atomic E-state index is -4.14. The predicted octanol–water partition coefficient (Wildman–Crippen LogP) is -0.494. The molecule has 0 saturated carbocycles. The van der Waals surface area contributed by atoms with Crippen molar-refractivity contribution in [2.75, 3.05) is 0 Å². The number of amides is 1. The van der Waals surface area contributed by atoms with Crippen LogP contribution in [-0.4, -0.2) is 30.1 Å². The molecule has 90 valence electrons. The molecule has 2 heterocycles. The summed E-state index contributed by atoms with van der Waals surface area (Å²) in [6.45, 7) is 0. The Morgan fingerprint density at radius 2 is 2.18 bits per heavy atom. The van der Waals surface area contributed by atoms with Crippen molar-refractivity contribution in [3.63, 3.8) is 0 Å². The van der Waals surface area contributed by atoms with E-state index in [-0.39, 0.29) is 11.5 Å². The summed E-state index contributed by atoms with van der Waals surface area (Å²) in [5.74, 6) is -0.444. The topological polar surface area (TPSA) is 131 Å². The quantitative estimate of drug-likeness (QED) is 0.635. The van der Waals surface area contributed by atoms with E-state index in [4.69, 9.17) is 15.5 Å². The highest BCUT2D eigenvalue weighted by Gasteiger charge is 2.15. The normalized spacial score (nSPS) is 11.9. The Balaban J connectivity index is 2.43. The maximum absolute atomic E-state index is 10.9. The molecular formula is C8H9N4O4P. The van der Waals surface area contributed by atoms with Crippen LogP contribution in [0.2, 0.25) is 0 Å². The molecule has 0 aromatic carbocycles. The second kappa shape index (κ2) is 3.92. The molecule has 4 N–H and O–H groups in total. The molecule has 17 heavy (non-hydrogen) atoms. The van der Waals surface area contributed by atoms with Crippen molar-refractivity contribution < 1.29 is 19.1 Å². The van der Waals surface area contributed by atoms with Crippen LogP contribution in [-0.2, 0) is 10.7 Å². The fourth-order valence-corrected chi connectivity index (χ4v) is 2.00. The summed E-state index contributed by atoms with van der Waals surface area (Å²) in [4.78, 5) is 36.2. The van der Waals surface area contributed by atoms with Gasteiger partial charge >= 0.3 is 7.60 Å². The van der Waals surface area contributed by atoms with Crippen molar-refractivity contribution >= 4 is 19.3 Å². The van der Waals surface area contributed by atoms with Crippen LogP contribution < -0.4 is 5.73 Å². The maximum Gasteiger partial charge on any atom is 0.330 e. The second-order valence-electron chi connectivity index (χ2n) is 3.48. The molecular weight excluding hydrogens is 247 g/mol. The lowest BCUT2D eigenvalue weighted by atomic mass is 10.4. The number of hydrogen-bond donors (Lipinski definition) is 3. The van der Waals surface area contributed by atoms with E-state index in [9.17, 15) is 9.36 Å². The molecule has 2 aromatic rings. The van der Waals surface area contributed by atoms with Crippen molar-refractivity contribution in [2.45, 2.75) is 6.16 Å². The number of hydrogen-bond acceptors (Lipinski definition) is 4. The Labute approximate surface area is 95.3 Å². The zero-order valence-corrected chi connectivity index (χ0v) is 9.41. The van der Waals surface area contributed by atoms with Gasteiger partial charge in [0, 0.05) is 18.6 Å². The SMILES string of the molecule is NC(=O)c1cn2cc(CP(=O)(O)O)cnc2n1. The summed E-state index contributed by atoms with van der Waals surface area (Å²) >= 11 is 0. The van der Waals surface area contributed by atoms with Crippen molar-refractivity contribution in [1.82, 2.24) is 14.4 Å². The maximum atomic E-state index is 10.9. The number of imidazole rings is 1. The van der Waals surface area contributed by atoms with E-state index in [0.29, 0.717) is 5.56 Å². The highest BCUT2D eigenvalue weighted by atomic mass is 31.2. The minimum Gasteiger partial charge on any atom is -0.364 e. The number of nitrogens with two attached hydrogens (primary N) is 1. The van der Waals surface area contributed by atoms with E-state index in [0.717, 1.165) is 0 Å². The second-order valence-corrected chi connectivity index (χ2v) is 5.13. The first-order valence-corrected chi connectivity index (χ1v) is 6.33. The van der Waals surface area contributed by atoms with Crippen molar-refractivity contribution in [3.05, 3.63) is 29.8 Å². The van der Waals surface area contributed by atoms with Gasteiger partial charge in [-0.25, -0.2) is 9.97 Å². The zero-order valence-electron chi connectivity index (χ0n) is 8.52. The van der Waals surface area contributed by atoms with Crippen LogP contribution in [0.5, 0.6) is 0 Å². The third-order valence-electron chi connectivity index (χ3n) is 2.00. The van der Waals surface area contributed by atoms with E-state index in [1.165, 1.54) is 23.0 Å². The molecule has 0 aliphatic rings. The van der Waals surface area contributed by atoms with E-state index < -0.39 is 19.7 Å². The Hall–Kier alpha value is -1.76. The molecule has 8 nitrogen and oxygen atoms in total. The summed E-state index contributed by atoms with van der Waals surface area (Å²) in [6, 6.07) is 0. The molecule has 0 aliphatic carbocycles. The molecule has 1 amide bonds. The third-order valence-corrected chi connectivity index (χ3v) is 2.78. The highest BCUT2D eigenvalue weighted by molar-refractivity contribution is 7.50. The molecule has 0 spiro atoms. The number of nitrogens with zero attached hydrogens (tertiary/aromatic N) is 3. The number of rotatable bonds is 3. The molecule has 2 rings (SSSR count). The van der Waals surface area contributed by atoms with Gasteiger partial charge in [-0.15, -0.1) is 0 Å². The smallest absolute Gasteiger partial charge is 0.330 e. The number of carbonyl (C=O) groups excluding carboxylic acids is 1. The van der Waals surface area contributed by atoms with Gasteiger partial charge in [0.05, 0.1) is 6.16 Å². The van der Waals surface area contributed by atoms with Gasteiger partial charge in [-0.1, -0.05) is 0 Å². The summed E-state index contributed by atoms with van der Waals surface area (Å²) in [5, 5.41) is 0. The molecule has 0 fully saturated rings. The monoisotopic (exact) mass is 256 g/mol. The van der Waals surface area contributed by atoms with Gasteiger partial charge in [0.25, 0.3) is 5.91 Å². The van der Waals surface area contributed by atoms with E-state index in [2.05, 4.69) is 9.97 Å². The zero-order chi connectivity index (χ0) is 12.6. The molecule has 0 radical (unpaired) electrons. The van der Waals surface area contributed by atoms with Gasteiger partial charge in [-0.3, -0.25) is 13.8 Å². The van der Waals surface area contributed by atoms with Gasteiger partial charge in [0.1, 0.15) is 5.69 Å². The van der Waals surface area contributed by atoms with Gasteiger partial charge in [-0.05, 0) is 5.56 Å². The van der Waals surface area contributed by atoms with Crippen LogP contribution in [0.25, 0.3) is 5.78 Å². The van der Waals surface area contributed by atoms with E-state index >= 15 is 0 Å². The first kappa shape index (κ1) is 11.7. The first-order valence-electron chi connectivity index (χ1n) is 4.53. The summed E-state index contributed by atoms with van der Waals surface area (Å²) in [5.41, 5.74) is 5.44. The summed E-state index contributed by atoms with van der Waals surface area (Å²) in [6.07, 6.45) is 3.68. The van der Waals surface area contributed by atoms with Gasteiger partial charge in [-0.2, -0.15) is 0 Å². The van der Waals surface area contributed by atoms with Crippen LogP contribution in [0.1, 0.15) is 16.1 Å². The fourth-order valence-electron chi connectivity index (χ4n) is 1.37. The minimum absolute atomic E-state index is 0.0471. The van der Waals surface area contributed by atoms with Crippen LogP contribution in [0, 0.1) is 0 Å². The lowest BCUT2D eigenvalue weighted by Crippen LogP contribution is -2.10. The van der Waals surface area contributed by atoms with Crippen molar-refractivity contribution in [2.24, 2.45) is 5.73 Å². The lowest BCUT2D eigenvalue weighted by Gasteiger charge is -2.03. The first-order chi connectivity index (χ1) is 7.85. The largest absolute Gasteiger partial charge is 0.364 e. The van der Waals surface area contributed by atoms with Crippen LogP contribution in [0.15, 0.2) is 18.6 Å². The molecule has 2 aromatic heterocycles. The average Bonchev–Trinajstić information content (AvgIpc) is 2.57. The van der Waals surface area contributed by atoms with Crippen LogP contribution in [0.3, 0.4) is 0 Å². The molecule has 9 heteroatoms. The standard InChI is InChI=1S/C8H9N4O4P/c9-7(13)6-3-12-2-5(4-17(14,15)16)1-10-8(12)11-6/h1-3H,4H2,(H2,9,13)(H2,14,15,16). The van der Waals surface area contributed by atoms with Gasteiger partial charge in [0.15, 0.2) is 0 Å². The average molecular weight is 256 g/mol. The predicted molar refractivity (Wildman–Crippen MR) is 57.3 cm³/mol. The molecule has 0 atom stereocenters. The summed E-state index contributed by atoms with van der Waals surface area (Å²) in [7, 11) is -4.14. The van der Waals surface area contributed by atoms with Crippen LogP contribution in [0.4, 0.5) is 0 Å². The number of fused-ring (bicyclic) bond motifs is 1. The molecule has 0 aliphatic heterocycles. The van der Waals surface area contributed by atoms with E-state index in [1.807, 2.05) is 0 Å². The Kier molecular flexibility index (Phi) is 2.70. The molecule has 0 unspecified atom stereocenters. The summed E-state index contributed by atoms with van der Waals surface area (Å²) < 4.78 is 12.2. The Bertz CT molecular complexity index is 631. The molecule has 0 saturated heterocycles. The lowest BCUT2D eigenvalue weighted by molar-refractivity contribution is 0.0996. The van der Waals surface area contributed by atoms with Gasteiger partial charge < -0.3 is 15.5 Å². The van der Waals surface area contributed by atoms with Gasteiger partial charge in [0.2, 0.25) is 5.78 Å². The Morgan fingerprint density at radius 3 is 2.76 bits per heavy atom. The molecule has 0 bridgehead atoms. The van der Waals surface area contributed by atoms with Crippen LogP contribution >= 0.6 is 7.60 Å². The Morgan fingerprint density at radius 1 is 1.47 bits per heavy atom. The number of primary amides is 1. The number of carbonyl (C=O) groups is 1.